The highest BCUT2D eigenvalue weighted by Gasteiger charge is 2.39. The molecule has 0 unspecified atom stereocenters. The highest BCUT2D eigenvalue weighted by Crippen LogP contribution is 2.46. The summed E-state index contributed by atoms with van der Waals surface area (Å²) in [6, 6.07) is 15.7. The smallest absolute Gasteiger partial charge is 0.236 e. The molecular weight excluding hydrogens is 349 g/mol. The molecule has 0 saturated heterocycles. The topological polar surface area (TPSA) is 36.7 Å². The number of aromatic nitrogens is 1. The van der Waals surface area contributed by atoms with E-state index in [1.807, 2.05) is 12.1 Å². The van der Waals surface area contributed by atoms with Crippen LogP contribution < -0.4 is 0 Å². The zero-order valence-corrected chi connectivity index (χ0v) is 14.6. The van der Waals surface area contributed by atoms with Crippen LogP contribution in [-0.4, -0.2) is 4.98 Å². The summed E-state index contributed by atoms with van der Waals surface area (Å²) in [7, 11) is 0. The fourth-order valence-corrected chi connectivity index (χ4v) is 4.17. The van der Waals surface area contributed by atoms with Gasteiger partial charge in [-0.2, -0.15) is 18.4 Å². The molecule has 0 N–H and O–H groups in total. The lowest BCUT2D eigenvalue weighted by molar-refractivity contribution is -0.137. The molecule has 5 heteroatoms. The van der Waals surface area contributed by atoms with Gasteiger partial charge in [0, 0.05) is 10.9 Å². The molecule has 2 nitrogen and oxygen atoms in total. The number of para-hydroxylation sites is 1. The van der Waals surface area contributed by atoms with E-state index in [2.05, 4.69) is 4.98 Å². The predicted octanol–water partition coefficient (Wildman–Crippen LogP) is 6.45. The maximum absolute atomic E-state index is 14.0. The van der Waals surface area contributed by atoms with Crippen molar-refractivity contribution in [3.63, 3.8) is 0 Å². The van der Waals surface area contributed by atoms with E-state index in [-0.39, 0.29) is 11.5 Å². The SMILES string of the molecule is N#Cc1nc2ccccc2c(-c2ccccc2C2CCCC2)c1C(F)(F)F. The van der Waals surface area contributed by atoms with Crippen LogP contribution in [0, 0.1) is 11.3 Å². The van der Waals surface area contributed by atoms with Crippen LogP contribution in [0.5, 0.6) is 0 Å². The van der Waals surface area contributed by atoms with E-state index >= 15 is 0 Å². The van der Waals surface area contributed by atoms with E-state index in [0.717, 1.165) is 31.2 Å². The predicted molar refractivity (Wildman–Crippen MR) is 98.1 cm³/mol. The highest BCUT2D eigenvalue weighted by atomic mass is 19.4. The second-order valence-corrected chi connectivity index (χ2v) is 6.91. The Morgan fingerprint density at radius 3 is 2.33 bits per heavy atom. The summed E-state index contributed by atoms with van der Waals surface area (Å²) < 4.78 is 42.1. The maximum Gasteiger partial charge on any atom is 0.419 e. The van der Waals surface area contributed by atoms with Crippen LogP contribution in [-0.2, 0) is 6.18 Å². The van der Waals surface area contributed by atoms with Gasteiger partial charge in [0.15, 0.2) is 5.69 Å². The number of benzene rings is 2. The van der Waals surface area contributed by atoms with E-state index in [1.54, 1.807) is 42.5 Å². The van der Waals surface area contributed by atoms with E-state index in [1.165, 1.54) is 0 Å². The number of halogens is 3. The fraction of sp³-hybridized carbons (Fsp3) is 0.273. The third-order valence-electron chi connectivity index (χ3n) is 5.31. The van der Waals surface area contributed by atoms with Crippen molar-refractivity contribution in [2.75, 3.05) is 0 Å². The highest BCUT2D eigenvalue weighted by molar-refractivity contribution is 5.98. The molecule has 136 valence electrons. The van der Waals surface area contributed by atoms with Crippen LogP contribution in [0.1, 0.15) is 48.4 Å². The first-order valence-corrected chi connectivity index (χ1v) is 9.00. The third kappa shape index (κ3) is 3.06. The molecule has 3 aromatic rings. The number of rotatable bonds is 2. The van der Waals surface area contributed by atoms with Crippen molar-refractivity contribution in [1.82, 2.24) is 4.98 Å². The summed E-state index contributed by atoms with van der Waals surface area (Å²) in [6.07, 6.45) is -0.531. The minimum Gasteiger partial charge on any atom is -0.236 e. The first-order chi connectivity index (χ1) is 13.0. The van der Waals surface area contributed by atoms with E-state index in [0.29, 0.717) is 16.5 Å². The van der Waals surface area contributed by atoms with Crippen LogP contribution in [0.25, 0.3) is 22.0 Å². The summed E-state index contributed by atoms with van der Waals surface area (Å²) in [4.78, 5) is 3.99. The van der Waals surface area contributed by atoms with Crippen molar-refractivity contribution < 1.29 is 13.2 Å². The van der Waals surface area contributed by atoms with Crippen molar-refractivity contribution in [1.29, 1.82) is 5.26 Å². The summed E-state index contributed by atoms with van der Waals surface area (Å²) in [5.74, 6) is 0.250. The molecule has 1 aliphatic rings. The molecule has 27 heavy (non-hydrogen) atoms. The molecule has 0 spiro atoms. The number of nitriles is 1. The molecule has 0 radical (unpaired) electrons. The standard InChI is InChI=1S/C22H17F3N2/c23-22(24,25)21-19(13-26)27-18-12-6-5-11-17(18)20(21)16-10-4-3-9-15(16)14-7-1-2-8-14/h3-6,9-12,14H,1-2,7-8H2. The van der Waals surface area contributed by atoms with Gasteiger partial charge in [-0.1, -0.05) is 55.3 Å². The molecule has 0 atom stereocenters. The van der Waals surface area contributed by atoms with E-state index in [4.69, 9.17) is 0 Å². The van der Waals surface area contributed by atoms with Crippen molar-refractivity contribution in [2.45, 2.75) is 37.8 Å². The average molecular weight is 366 g/mol. The van der Waals surface area contributed by atoms with Gasteiger partial charge in [-0.3, -0.25) is 0 Å². The second-order valence-electron chi connectivity index (χ2n) is 6.91. The molecule has 0 bridgehead atoms. The Balaban J connectivity index is 2.12. The Hall–Kier alpha value is -2.87. The Bertz CT molecular complexity index is 1040. The van der Waals surface area contributed by atoms with Crippen LogP contribution in [0.3, 0.4) is 0 Å². The average Bonchev–Trinajstić information content (AvgIpc) is 3.20. The maximum atomic E-state index is 14.0. The third-order valence-corrected chi connectivity index (χ3v) is 5.31. The van der Waals surface area contributed by atoms with Gasteiger partial charge in [0.2, 0.25) is 0 Å². The summed E-state index contributed by atoms with van der Waals surface area (Å²) in [5.41, 5.74) is 0.463. The molecule has 0 aliphatic heterocycles. The van der Waals surface area contributed by atoms with Gasteiger partial charge in [-0.15, -0.1) is 0 Å². The van der Waals surface area contributed by atoms with Crippen molar-refractivity contribution in [2.24, 2.45) is 0 Å². The van der Waals surface area contributed by atoms with Gasteiger partial charge >= 0.3 is 6.18 Å². The number of fused-ring (bicyclic) bond motifs is 1. The van der Waals surface area contributed by atoms with Gasteiger partial charge in [0.1, 0.15) is 11.6 Å². The number of pyridine rings is 1. The quantitative estimate of drug-likeness (QED) is 0.522. The van der Waals surface area contributed by atoms with Crippen molar-refractivity contribution in [3.05, 3.63) is 65.4 Å². The van der Waals surface area contributed by atoms with Gasteiger partial charge in [-0.05, 0) is 36.0 Å². The normalized spacial score (nSPS) is 15.2. The molecule has 2 aromatic carbocycles. The van der Waals surface area contributed by atoms with Crippen LogP contribution in [0.15, 0.2) is 48.5 Å². The lowest BCUT2D eigenvalue weighted by atomic mass is 9.85. The van der Waals surface area contributed by atoms with Gasteiger partial charge in [-0.25, -0.2) is 4.98 Å². The van der Waals surface area contributed by atoms with Gasteiger partial charge in [0.05, 0.1) is 5.52 Å². The largest absolute Gasteiger partial charge is 0.419 e. The monoisotopic (exact) mass is 366 g/mol. The number of hydrogen-bond acceptors (Lipinski definition) is 2. The van der Waals surface area contributed by atoms with Crippen LogP contribution >= 0.6 is 0 Å². The number of hydrogen-bond donors (Lipinski definition) is 0. The zero-order valence-electron chi connectivity index (χ0n) is 14.6. The molecular formula is C22H17F3N2. The lowest BCUT2D eigenvalue weighted by Crippen LogP contribution is -2.13. The van der Waals surface area contributed by atoms with Crippen LogP contribution in [0.4, 0.5) is 13.2 Å². The minimum atomic E-state index is -4.67. The fourth-order valence-electron chi connectivity index (χ4n) is 4.17. The van der Waals surface area contributed by atoms with Crippen LogP contribution in [0.2, 0.25) is 0 Å². The molecule has 1 fully saturated rings. The minimum absolute atomic E-state index is 0.0761. The zero-order chi connectivity index (χ0) is 19.0. The van der Waals surface area contributed by atoms with Crippen molar-refractivity contribution in [3.8, 4) is 17.2 Å². The molecule has 1 heterocycles. The van der Waals surface area contributed by atoms with Crippen molar-refractivity contribution >= 4 is 10.9 Å². The Kier molecular flexibility index (Phi) is 4.35. The first kappa shape index (κ1) is 17.5. The van der Waals surface area contributed by atoms with E-state index in [9.17, 15) is 18.4 Å². The lowest BCUT2D eigenvalue weighted by Gasteiger charge is -2.21. The summed E-state index contributed by atoms with van der Waals surface area (Å²) in [5, 5.41) is 9.81. The van der Waals surface area contributed by atoms with Gasteiger partial charge < -0.3 is 0 Å². The van der Waals surface area contributed by atoms with Gasteiger partial charge in [0.25, 0.3) is 0 Å². The molecule has 1 aromatic heterocycles. The second kappa shape index (κ2) is 6.70. The molecule has 1 saturated carbocycles. The Morgan fingerprint density at radius 2 is 1.63 bits per heavy atom. The Labute approximate surface area is 155 Å². The Morgan fingerprint density at radius 1 is 0.963 bits per heavy atom. The first-order valence-electron chi connectivity index (χ1n) is 9.00. The number of alkyl halides is 3. The molecule has 1 aliphatic carbocycles. The van der Waals surface area contributed by atoms with E-state index < -0.39 is 17.4 Å². The molecule has 4 rings (SSSR count). The summed E-state index contributed by atoms with van der Waals surface area (Å²) >= 11 is 0. The molecule has 0 amide bonds. The summed E-state index contributed by atoms with van der Waals surface area (Å²) in [6.45, 7) is 0. The number of nitrogens with zero attached hydrogens (tertiary/aromatic N) is 2.